The average molecular weight is 412 g/mol. The number of benzene rings is 2. The van der Waals surface area contributed by atoms with Crippen molar-refractivity contribution in [3.63, 3.8) is 0 Å². The van der Waals surface area contributed by atoms with Crippen LogP contribution in [0.25, 0.3) is 0 Å². The minimum absolute atomic E-state index is 0.0865. The molecule has 0 aliphatic carbocycles. The molecule has 0 radical (unpaired) electrons. The second kappa shape index (κ2) is 7.92. The lowest BCUT2D eigenvalue weighted by Crippen LogP contribution is -2.43. The Balaban J connectivity index is 1.66. The highest BCUT2D eigenvalue weighted by molar-refractivity contribution is 7.89. The van der Waals surface area contributed by atoms with Gasteiger partial charge in [0.2, 0.25) is 10.0 Å². The summed E-state index contributed by atoms with van der Waals surface area (Å²) < 4.78 is 64.8. The topological polar surface area (TPSA) is 66.5 Å². The van der Waals surface area contributed by atoms with Crippen molar-refractivity contribution in [2.24, 2.45) is 0 Å². The maximum atomic E-state index is 12.8. The molecule has 0 saturated carbocycles. The molecule has 0 bridgehead atoms. The Morgan fingerprint density at radius 1 is 1.07 bits per heavy atom. The fraction of sp³-hybridized carbons (Fsp3) is 0.316. The van der Waals surface area contributed by atoms with E-state index in [1.54, 1.807) is 18.2 Å². The molecule has 0 aromatic heterocycles. The van der Waals surface area contributed by atoms with Gasteiger partial charge in [0, 0.05) is 24.7 Å². The Kier molecular flexibility index (Phi) is 5.76. The molecule has 9 heteroatoms. The molecule has 1 aliphatic rings. The first kappa shape index (κ1) is 20.3. The maximum Gasteiger partial charge on any atom is 0.416 e. The highest BCUT2D eigenvalue weighted by Gasteiger charge is 2.35. The SMILES string of the molecule is O=C(NC[C@H]1CCCN1S(=O)(=O)c1ccccc1)c1ccc(C(F)(F)F)cc1. The molecule has 1 saturated heterocycles. The Hall–Kier alpha value is -2.39. The zero-order chi connectivity index (χ0) is 20.4. The van der Waals surface area contributed by atoms with E-state index in [0.29, 0.717) is 19.4 Å². The lowest BCUT2D eigenvalue weighted by molar-refractivity contribution is -0.137. The second-order valence-electron chi connectivity index (χ2n) is 6.51. The van der Waals surface area contributed by atoms with Crippen LogP contribution in [-0.2, 0) is 16.2 Å². The first-order chi connectivity index (χ1) is 13.2. The first-order valence-corrected chi connectivity index (χ1v) is 10.2. The third-order valence-electron chi connectivity index (χ3n) is 4.65. The van der Waals surface area contributed by atoms with Gasteiger partial charge in [0.25, 0.3) is 5.91 Å². The van der Waals surface area contributed by atoms with E-state index in [4.69, 9.17) is 0 Å². The zero-order valence-corrected chi connectivity index (χ0v) is 15.6. The molecule has 28 heavy (non-hydrogen) atoms. The van der Waals surface area contributed by atoms with Gasteiger partial charge in [-0.05, 0) is 49.2 Å². The summed E-state index contributed by atoms with van der Waals surface area (Å²) in [7, 11) is -3.67. The number of rotatable bonds is 5. The highest BCUT2D eigenvalue weighted by atomic mass is 32.2. The number of hydrogen-bond donors (Lipinski definition) is 1. The van der Waals surface area contributed by atoms with E-state index in [2.05, 4.69) is 5.32 Å². The second-order valence-corrected chi connectivity index (χ2v) is 8.40. The van der Waals surface area contributed by atoms with Crippen LogP contribution in [0, 0.1) is 0 Å². The number of nitrogens with zero attached hydrogens (tertiary/aromatic N) is 1. The van der Waals surface area contributed by atoms with Crippen LogP contribution < -0.4 is 5.32 Å². The molecule has 1 amide bonds. The molecule has 1 N–H and O–H groups in total. The predicted molar refractivity (Wildman–Crippen MR) is 97.1 cm³/mol. The van der Waals surface area contributed by atoms with E-state index < -0.39 is 33.7 Å². The molecule has 2 aromatic rings. The lowest BCUT2D eigenvalue weighted by atomic mass is 10.1. The van der Waals surface area contributed by atoms with Crippen molar-refractivity contribution in [3.05, 3.63) is 65.7 Å². The number of carbonyl (C=O) groups excluding carboxylic acids is 1. The quantitative estimate of drug-likeness (QED) is 0.820. The van der Waals surface area contributed by atoms with E-state index in [0.717, 1.165) is 24.3 Å². The van der Waals surface area contributed by atoms with Gasteiger partial charge in [0.1, 0.15) is 0 Å². The fourth-order valence-electron chi connectivity index (χ4n) is 3.18. The van der Waals surface area contributed by atoms with E-state index in [-0.39, 0.29) is 17.0 Å². The van der Waals surface area contributed by atoms with Gasteiger partial charge in [-0.15, -0.1) is 0 Å². The number of alkyl halides is 3. The molecule has 0 unspecified atom stereocenters. The number of halogens is 3. The fourth-order valence-corrected chi connectivity index (χ4v) is 4.89. The van der Waals surface area contributed by atoms with E-state index >= 15 is 0 Å². The van der Waals surface area contributed by atoms with Crippen molar-refractivity contribution < 1.29 is 26.4 Å². The highest BCUT2D eigenvalue weighted by Crippen LogP contribution is 2.29. The predicted octanol–water partition coefficient (Wildman–Crippen LogP) is 3.29. The first-order valence-electron chi connectivity index (χ1n) is 8.72. The van der Waals surface area contributed by atoms with Crippen LogP contribution in [0.4, 0.5) is 13.2 Å². The molecule has 2 aromatic carbocycles. The monoisotopic (exact) mass is 412 g/mol. The van der Waals surface area contributed by atoms with Gasteiger partial charge in [0.05, 0.1) is 10.5 Å². The summed E-state index contributed by atoms with van der Waals surface area (Å²) in [4.78, 5) is 12.4. The lowest BCUT2D eigenvalue weighted by Gasteiger charge is -2.24. The molecule has 1 fully saturated rings. The van der Waals surface area contributed by atoms with Gasteiger partial charge < -0.3 is 5.32 Å². The van der Waals surface area contributed by atoms with Crippen molar-refractivity contribution in [3.8, 4) is 0 Å². The number of sulfonamides is 1. The van der Waals surface area contributed by atoms with Gasteiger partial charge in [-0.1, -0.05) is 18.2 Å². The summed E-state index contributed by atoms with van der Waals surface area (Å²) in [6, 6.07) is 11.5. The summed E-state index contributed by atoms with van der Waals surface area (Å²) in [5.41, 5.74) is -0.747. The van der Waals surface area contributed by atoms with Crippen LogP contribution in [-0.4, -0.2) is 37.8 Å². The molecule has 150 valence electrons. The summed E-state index contributed by atoms with van der Waals surface area (Å²) in [6.07, 6.45) is -3.20. The van der Waals surface area contributed by atoms with Crippen LogP contribution in [0.15, 0.2) is 59.5 Å². The zero-order valence-electron chi connectivity index (χ0n) is 14.8. The molecule has 0 spiro atoms. The van der Waals surface area contributed by atoms with Gasteiger partial charge in [0.15, 0.2) is 0 Å². The summed E-state index contributed by atoms with van der Waals surface area (Å²) in [5, 5.41) is 2.63. The summed E-state index contributed by atoms with van der Waals surface area (Å²) in [5.74, 6) is -0.544. The Morgan fingerprint density at radius 2 is 1.71 bits per heavy atom. The van der Waals surface area contributed by atoms with Crippen molar-refractivity contribution >= 4 is 15.9 Å². The number of hydrogen-bond acceptors (Lipinski definition) is 3. The number of carbonyl (C=O) groups is 1. The molecule has 3 rings (SSSR count). The van der Waals surface area contributed by atoms with E-state index in [1.807, 2.05) is 0 Å². The van der Waals surface area contributed by atoms with Crippen LogP contribution in [0.2, 0.25) is 0 Å². The van der Waals surface area contributed by atoms with Crippen LogP contribution >= 0.6 is 0 Å². The van der Waals surface area contributed by atoms with E-state index in [1.165, 1.54) is 16.4 Å². The molecule has 1 heterocycles. The van der Waals surface area contributed by atoms with Crippen molar-refractivity contribution in [1.29, 1.82) is 0 Å². The smallest absolute Gasteiger partial charge is 0.350 e. The molecular formula is C19H19F3N2O3S. The maximum absolute atomic E-state index is 12.8. The van der Waals surface area contributed by atoms with Gasteiger partial charge in [-0.25, -0.2) is 8.42 Å². The van der Waals surface area contributed by atoms with Crippen molar-refractivity contribution in [2.45, 2.75) is 30.0 Å². The van der Waals surface area contributed by atoms with Crippen molar-refractivity contribution in [1.82, 2.24) is 9.62 Å². The van der Waals surface area contributed by atoms with Crippen LogP contribution in [0.5, 0.6) is 0 Å². The normalized spacial score (nSPS) is 18.2. The van der Waals surface area contributed by atoms with Crippen LogP contribution in [0.1, 0.15) is 28.8 Å². The minimum atomic E-state index is -4.47. The Bertz CT molecular complexity index is 929. The third-order valence-corrected chi connectivity index (χ3v) is 6.61. The van der Waals surface area contributed by atoms with Gasteiger partial charge in [-0.2, -0.15) is 17.5 Å². The summed E-state index contributed by atoms with van der Waals surface area (Å²) >= 11 is 0. The van der Waals surface area contributed by atoms with Crippen LogP contribution in [0.3, 0.4) is 0 Å². The molecule has 1 aliphatic heterocycles. The minimum Gasteiger partial charge on any atom is -0.350 e. The average Bonchev–Trinajstić information content (AvgIpc) is 3.16. The van der Waals surface area contributed by atoms with Gasteiger partial charge in [-0.3, -0.25) is 4.79 Å². The van der Waals surface area contributed by atoms with Gasteiger partial charge >= 0.3 is 6.18 Å². The van der Waals surface area contributed by atoms with E-state index in [9.17, 15) is 26.4 Å². The molecule has 5 nitrogen and oxygen atoms in total. The number of amides is 1. The third kappa shape index (κ3) is 4.36. The largest absolute Gasteiger partial charge is 0.416 e. The standard InChI is InChI=1S/C19H19F3N2O3S/c20-19(21,22)15-10-8-14(9-11-15)18(25)23-13-16-5-4-12-24(16)28(26,27)17-6-2-1-3-7-17/h1-3,6-11,16H,4-5,12-13H2,(H,23,25)/t16-/m1/s1. The van der Waals surface area contributed by atoms with Crippen molar-refractivity contribution in [2.75, 3.05) is 13.1 Å². The Morgan fingerprint density at radius 3 is 2.32 bits per heavy atom. The molecule has 1 atom stereocenters. The summed E-state index contributed by atoms with van der Waals surface area (Å²) in [6.45, 7) is 0.448. The number of nitrogens with one attached hydrogen (secondary N) is 1. The molecular weight excluding hydrogens is 393 g/mol. The Labute approximate surface area is 161 Å².